The van der Waals surface area contributed by atoms with Crippen molar-refractivity contribution in [2.24, 2.45) is 0 Å². The van der Waals surface area contributed by atoms with E-state index < -0.39 is 0 Å². The number of hydrogen-bond acceptors (Lipinski definition) is 5. The quantitative estimate of drug-likeness (QED) is 0.425. The van der Waals surface area contributed by atoms with Crippen LogP contribution in [0.25, 0.3) is 0 Å². The zero-order valence-corrected chi connectivity index (χ0v) is 19.7. The van der Waals surface area contributed by atoms with Crippen molar-refractivity contribution in [1.29, 1.82) is 0 Å². The van der Waals surface area contributed by atoms with Gasteiger partial charge in [-0.2, -0.15) is 0 Å². The van der Waals surface area contributed by atoms with Crippen molar-refractivity contribution in [1.82, 2.24) is 4.90 Å². The summed E-state index contributed by atoms with van der Waals surface area (Å²) in [6, 6.07) is 18.5. The van der Waals surface area contributed by atoms with E-state index in [0.29, 0.717) is 29.4 Å². The summed E-state index contributed by atoms with van der Waals surface area (Å²) in [5.74, 6) is 2.66. The average Bonchev–Trinajstić information content (AvgIpc) is 3.14. The molecule has 1 heterocycles. The minimum absolute atomic E-state index is 0.0226. The van der Waals surface area contributed by atoms with E-state index in [0.717, 1.165) is 21.3 Å². The molecule has 1 aliphatic rings. The van der Waals surface area contributed by atoms with Gasteiger partial charge in [-0.3, -0.25) is 4.79 Å². The first-order valence-corrected chi connectivity index (χ1v) is 10.9. The van der Waals surface area contributed by atoms with Crippen molar-refractivity contribution in [3.05, 3.63) is 81.8 Å². The zero-order chi connectivity index (χ0) is 22.7. The number of fused-ring (bicyclic) bond motifs is 1. The number of benzene rings is 3. The Morgan fingerprint density at radius 2 is 1.59 bits per heavy atom. The fraction of sp³-hybridized carbons (Fsp3) is 0.240. The van der Waals surface area contributed by atoms with E-state index in [1.54, 1.807) is 21.3 Å². The molecule has 3 aromatic carbocycles. The van der Waals surface area contributed by atoms with Gasteiger partial charge in [-0.15, -0.1) is 0 Å². The molecule has 0 bridgehead atoms. The van der Waals surface area contributed by atoms with Gasteiger partial charge in [0.1, 0.15) is 18.1 Å². The number of halogens is 1. The highest BCUT2D eigenvalue weighted by atomic mass is 79.9. The fourth-order valence-electron chi connectivity index (χ4n) is 3.84. The maximum Gasteiger partial charge on any atom is 0.255 e. The summed E-state index contributed by atoms with van der Waals surface area (Å²) in [4.78, 5) is 15.1. The summed E-state index contributed by atoms with van der Waals surface area (Å²) < 4.78 is 23.1. The predicted octanol–water partition coefficient (Wildman–Crippen LogP) is 5.25. The SMILES string of the molecule is COc1ccc(OCC(c2ccc(OC)c(OC)c2)N2Cc3cc(Br)ccc3C2=O)cc1. The van der Waals surface area contributed by atoms with Crippen LogP contribution in [0.2, 0.25) is 0 Å². The van der Waals surface area contributed by atoms with Crippen LogP contribution in [0.3, 0.4) is 0 Å². The lowest BCUT2D eigenvalue weighted by atomic mass is 10.0. The highest BCUT2D eigenvalue weighted by Gasteiger charge is 2.34. The van der Waals surface area contributed by atoms with Crippen molar-refractivity contribution in [3.8, 4) is 23.0 Å². The molecule has 166 valence electrons. The van der Waals surface area contributed by atoms with E-state index in [4.69, 9.17) is 18.9 Å². The first-order chi connectivity index (χ1) is 15.5. The van der Waals surface area contributed by atoms with E-state index in [9.17, 15) is 4.79 Å². The van der Waals surface area contributed by atoms with E-state index in [-0.39, 0.29) is 18.6 Å². The topological polar surface area (TPSA) is 57.2 Å². The number of carbonyl (C=O) groups excluding carboxylic acids is 1. The van der Waals surface area contributed by atoms with Gasteiger partial charge in [0.25, 0.3) is 5.91 Å². The van der Waals surface area contributed by atoms with Gasteiger partial charge in [0.15, 0.2) is 11.5 Å². The lowest BCUT2D eigenvalue weighted by Gasteiger charge is -2.29. The second-order valence-electron chi connectivity index (χ2n) is 7.35. The summed E-state index contributed by atoms with van der Waals surface area (Å²) in [6.07, 6.45) is 0. The van der Waals surface area contributed by atoms with Gasteiger partial charge >= 0.3 is 0 Å². The number of carbonyl (C=O) groups is 1. The molecule has 6 nitrogen and oxygen atoms in total. The van der Waals surface area contributed by atoms with Gasteiger partial charge < -0.3 is 23.8 Å². The molecule has 0 saturated carbocycles. The summed E-state index contributed by atoms with van der Waals surface area (Å²) in [5, 5.41) is 0. The third kappa shape index (κ3) is 4.39. The minimum atomic E-state index is -0.324. The predicted molar refractivity (Wildman–Crippen MR) is 125 cm³/mol. The molecule has 0 spiro atoms. The second-order valence-corrected chi connectivity index (χ2v) is 8.27. The summed E-state index contributed by atoms with van der Waals surface area (Å²) in [7, 11) is 4.82. The standard InChI is InChI=1S/C25H24BrNO5/c1-29-19-6-8-20(9-7-19)32-15-22(16-4-11-23(30-2)24(13-16)31-3)27-14-17-12-18(26)5-10-21(17)25(27)28/h4-13,22H,14-15H2,1-3H3. The summed E-state index contributed by atoms with van der Waals surface area (Å²) >= 11 is 3.50. The van der Waals surface area contributed by atoms with Crippen molar-refractivity contribution >= 4 is 21.8 Å². The van der Waals surface area contributed by atoms with Crippen LogP contribution in [0.1, 0.15) is 27.5 Å². The van der Waals surface area contributed by atoms with Gasteiger partial charge in [0.2, 0.25) is 0 Å². The molecule has 0 N–H and O–H groups in total. The van der Waals surface area contributed by atoms with Crippen LogP contribution in [0.5, 0.6) is 23.0 Å². The molecular formula is C25H24BrNO5. The maximum atomic E-state index is 13.3. The molecule has 0 aliphatic carbocycles. The summed E-state index contributed by atoms with van der Waals surface area (Å²) in [5.41, 5.74) is 2.60. The van der Waals surface area contributed by atoms with Crippen LogP contribution in [0.4, 0.5) is 0 Å². The highest BCUT2D eigenvalue weighted by molar-refractivity contribution is 9.10. The Morgan fingerprint density at radius 1 is 0.875 bits per heavy atom. The number of nitrogens with zero attached hydrogens (tertiary/aromatic N) is 1. The lowest BCUT2D eigenvalue weighted by molar-refractivity contribution is 0.0635. The minimum Gasteiger partial charge on any atom is -0.497 e. The zero-order valence-electron chi connectivity index (χ0n) is 18.1. The molecule has 7 heteroatoms. The smallest absolute Gasteiger partial charge is 0.255 e. The molecule has 1 unspecified atom stereocenters. The van der Waals surface area contributed by atoms with E-state index in [2.05, 4.69) is 15.9 Å². The molecule has 4 rings (SSSR count). The highest BCUT2D eigenvalue weighted by Crippen LogP contribution is 2.37. The molecule has 1 amide bonds. The van der Waals surface area contributed by atoms with Gasteiger partial charge in [0, 0.05) is 16.6 Å². The number of hydrogen-bond donors (Lipinski definition) is 0. The van der Waals surface area contributed by atoms with Crippen molar-refractivity contribution in [2.45, 2.75) is 12.6 Å². The average molecular weight is 498 g/mol. The van der Waals surface area contributed by atoms with E-state index in [1.165, 1.54) is 0 Å². The molecule has 1 atom stereocenters. The van der Waals surface area contributed by atoms with E-state index in [1.807, 2.05) is 65.6 Å². The largest absolute Gasteiger partial charge is 0.497 e. The van der Waals surface area contributed by atoms with Crippen LogP contribution in [0.15, 0.2) is 65.1 Å². The Morgan fingerprint density at radius 3 is 2.28 bits per heavy atom. The normalized spacial score (nSPS) is 13.5. The van der Waals surface area contributed by atoms with Crippen molar-refractivity contribution in [2.75, 3.05) is 27.9 Å². The van der Waals surface area contributed by atoms with Gasteiger partial charge in [-0.05, 0) is 65.7 Å². The molecule has 3 aromatic rings. The van der Waals surface area contributed by atoms with Crippen molar-refractivity contribution in [3.63, 3.8) is 0 Å². The molecule has 0 radical (unpaired) electrons. The van der Waals surface area contributed by atoms with Crippen LogP contribution in [0, 0.1) is 0 Å². The monoisotopic (exact) mass is 497 g/mol. The van der Waals surface area contributed by atoms with Crippen LogP contribution in [-0.2, 0) is 6.54 Å². The molecular weight excluding hydrogens is 474 g/mol. The lowest BCUT2D eigenvalue weighted by Crippen LogP contribution is -2.33. The number of methoxy groups -OCH3 is 3. The Balaban J connectivity index is 1.66. The third-order valence-electron chi connectivity index (χ3n) is 5.54. The van der Waals surface area contributed by atoms with Crippen LogP contribution < -0.4 is 18.9 Å². The van der Waals surface area contributed by atoms with Crippen molar-refractivity contribution < 1.29 is 23.7 Å². The number of ether oxygens (including phenoxy) is 4. The van der Waals surface area contributed by atoms with Gasteiger partial charge in [-0.25, -0.2) is 0 Å². The third-order valence-corrected chi connectivity index (χ3v) is 6.03. The Kier molecular flexibility index (Phi) is 6.55. The molecule has 0 saturated heterocycles. The maximum absolute atomic E-state index is 13.3. The number of rotatable bonds is 8. The molecule has 1 aliphatic heterocycles. The molecule has 0 aromatic heterocycles. The first-order valence-electron chi connectivity index (χ1n) is 10.1. The van der Waals surface area contributed by atoms with Gasteiger partial charge in [-0.1, -0.05) is 22.0 Å². The Hall–Kier alpha value is -3.19. The Labute approximate surface area is 195 Å². The molecule has 32 heavy (non-hydrogen) atoms. The fourth-order valence-corrected chi connectivity index (χ4v) is 4.25. The van der Waals surface area contributed by atoms with Gasteiger partial charge in [0.05, 0.1) is 27.4 Å². The van der Waals surface area contributed by atoms with Crippen LogP contribution in [-0.4, -0.2) is 38.7 Å². The number of amides is 1. The second kappa shape index (κ2) is 9.53. The Bertz CT molecular complexity index is 1120. The molecule has 0 fully saturated rings. The summed E-state index contributed by atoms with van der Waals surface area (Å²) in [6.45, 7) is 0.779. The van der Waals surface area contributed by atoms with Crippen LogP contribution >= 0.6 is 15.9 Å². The van der Waals surface area contributed by atoms with E-state index >= 15 is 0 Å². The first kappa shape index (κ1) is 22.0.